The second-order valence-corrected chi connectivity index (χ2v) is 9.38. The van der Waals surface area contributed by atoms with Gasteiger partial charge in [0.25, 0.3) is 0 Å². The second-order valence-electron chi connectivity index (χ2n) is 6.17. The van der Waals surface area contributed by atoms with Crippen LogP contribution in [0.25, 0.3) is 0 Å². The summed E-state index contributed by atoms with van der Waals surface area (Å²) >= 11 is 1.36. The number of anilines is 1. The molecule has 10 heteroatoms. The summed E-state index contributed by atoms with van der Waals surface area (Å²) in [5, 5.41) is 3.32. The minimum atomic E-state index is -3.19. The first-order valence-electron chi connectivity index (χ1n) is 8.35. The molecular weight excluding hydrogens is 378 g/mol. The first-order valence-corrected chi connectivity index (χ1v) is 11.0. The van der Waals surface area contributed by atoms with Gasteiger partial charge in [0, 0.05) is 31.1 Å². The smallest absolute Gasteiger partial charge is 0.341 e. The molecule has 1 fully saturated rings. The Kier molecular flexibility index (Phi) is 6.78. The van der Waals surface area contributed by atoms with E-state index in [1.807, 2.05) is 18.7 Å². The third-order valence-corrected chi connectivity index (χ3v) is 6.74. The van der Waals surface area contributed by atoms with E-state index in [2.05, 4.69) is 5.32 Å². The van der Waals surface area contributed by atoms with Gasteiger partial charge in [-0.2, -0.15) is 4.31 Å². The Labute approximate surface area is 158 Å². The van der Waals surface area contributed by atoms with Crippen LogP contribution in [0.3, 0.4) is 0 Å². The van der Waals surface area contributed by atoms with Crippen molar-refractivity contribution in [2.75, 3.05) is 51.4 Å². The maximum absolute atomic E-state index is 12.4. The lowest BCUT2D eigenvalue weighted by atomic mass is 10.1. The fourth-order valence-corrected chi connectivity index (χ4v) is 4.97. The van der Waals surface area contributed by atoms with Crippen LogP contribution in [-0.2, 0) is 26.0 Å². The second kappa shape index (κ2) is 8.47. The van der Waals surface area contributed by atoms with Gasteiger partial charge in [0.1, 0.15) is 5.00 Å². The van der Waals surface area contributed by atoms with E-state index < -0.39 is 16.0 Å². The summed E-state index contributed by atoms with van der Waals surface area (Å²) in [4.78, 5) is 27.4. The third-order valence-electron chi connectivity index (χ3n) is 4.37. The van der Waals surface area contributed by atoms with Crippen molar-refractivity contribution in [1.82, 2.24) is 9.21 Å². The van der Waals surface area contributed by atoms with Crippen LogP contribution < -0.4 is 5.32 Å². The van der Waals surface area contributed by atoms with E-state index in [4.69, 9.17) is 4.74 Å². The van der Waals surface area contributed by atoms with Gasteiger partial charge in [-0.15, -0.1) is 11.3 Å². The highest BCUT2D eigenvalue weighted by Crippen LogP contribution is 2.34. The number of carbonyl (C=O) groups excluding carboxylic acids is 2. The standard InChI is InChI=1S/C16H25N3O5S2/c1-5-12-11(2)25-15(14(12)16(21)24-3)17-13(20)10-18-6-8-19(9-7-18)26(4,22)23/h5-10H2,1-4H3,(H,17,20). The molecule has 26 heavy (non-hydrogen) atoms. The Balaban J connectivity index is 2.02. The number of ether oxygens (including phenoxy) is 1. The van der Waals surface area contributed by atoms with Gasteiger partial charge in [0.2, 0.25) is 15.9 Å². The highest BCUT2D eigenvalue weighted by atomic mass is 32.2. The molecule has 0 radical (unpaired) electrons. The highest BCUT2D eigenvalue weighted by molar-refractivity contribution is 7.88. The average molecular weight is 404 g/mol. The minimum Gasteiger partial charge on any atom is -0.465 e. The average Bonchev–Trinajstić information content (AvgIpc) is 2.88. The summed E-state index contributed by atoms with van der Waals surface area (Å²) in [6.45, 7) is 5.75. The lowest BCUT2D eigenvalue weighted by Gasteiger charge is -2.32. The molecule has 0 aliphatic carbocycles. The molecule has 0 spiro atoms. The Morgan fingerprint density at radius 2 is 1.85 bits per heavy atom. The molecule has 1 N–H and O–H groups in total. The van der Waals surface area contributed by atoms with Crippen LogP contribution in [0.4, 0.5) is 5.00 Å². The fraction of sp³-hybridized carbons (Fsp3) is 0.625. The molecule has 0 atom stereocenters. The monoisotopic (exact) mass is 403 g/mol. The molecule has 8 nitrogen and oxygen atoms in total. The number of hydrogen-bond donors (Lipinski definition) is 1. The van der Waals surface area contributed by atoms with Crippen LogP contribution in [0.15, 0.2) is 0 Å². The minimum absolute atomic E-state index is 0.149. The number of aryl methyl sites for hydroxylation is 1. The molecule has 1 aromatic rings. The number of amides is 1. The van der Waals surface area contributed by atoms with Gasteiger partial charge in [0.05, 0.1) is 25.5 Å². The number of sulfonamides is 1. The molecule has 2 rings (SSSR count). The van der Waals surface area contributed by atoms with Crippen LogP contribution in [0, 0.1) is 6.92 Å². The lowest BCUT2D eigenvalue weighted by Crippen LogP contribution is -2.50. The van der Waals surface area contributed by atoms with Gasteiger partial charge in [-0.05, 0) is 18.9 Å². The zero-order chi connectivity index (χ0) is 19.5. The van der Waals surface area contributed by atoms with Gasteiger partial charge < -0.3 is 10.1 Å². The summed E-state index contributed by atoms with van der Waals surface area (Å²) in [6.07, 6.45) is 1.87. The molecule has 1 aliphatic rings. The van der Waals surface area contributed by atoms with E-state index in [9.17, 15) is 18.0 Å². The van der Waals surface area contributed by atoms with Crippen molar-refractivity contribution in [3.05, 3.63) is 16.0 Å². The Morgan fingerprint density at radius 3 is 2.35 bits per heavy atom. The van der Waals surface area contributed by atoms with E-state index in [0.29, 0.717) is 43.2 Å². The Morgan fingerprint density at radius 1 is 1.23 bits per heavy atom. The van der Waals surface area contributed by atoms with Gasteiger partial charge >= 0.3 is 5.97 Å². The number of hydrogen-bond acceptors (Lipinski definition) is 7. The summed E-state index contributed by atoms with van der Waals surface area (Å²) in [5.74, 6) is -0.685. The number of esters is 1. The predicted molar refractivity (Wildman–Crippen MR) is 101 cm³/mol. The van der Waals surface area contributed by atoms with Crippen molar-refractivity contribution in [2.45, 2.75) is 20.3 Å². The van der Waals surface area contributed by atoms with Crippen LogP contribution in [0.2, 0.25) is 0 Å². The van der Waals surface area contributed by atoms with E-state index in [-0.39, 0.29) is 12.5 Å². The molecule has 2 heterocycles. The quantitative estimate of drug-likeness (QED) is 0.710. The normalized spacial score (nSPS) is 16.5. The van der Waals surface area contributed by atoms with Gasteiger partial charge in [-0.1, -0.05) is 6.92 Å². The molecule has 146 valence electrons. The van der Waals surface area contributed by atoms with Crippen LogP contribution in [-0.4, -0.2) is 75.6 Å². The largest absolute Gasteiger partial charge is 0.465 e. The molecule has 0 bridgehead atoms. The van der Waals surface area contributed by atoms with Crippen LogP contribution >= 0.6 is 11.3 Å². The van der Waals surface area contributed by atoms with Crippen molar-refractivity contribution < 1.29 is 22.7 Å². The summed E-state index contributed by atoms with van der Waals surface area (Å²) in [7, 11) is -1.87. The number of carbonyl (C=O) groups is 2. The molecular formula is C16H25N3O5S2. The van der Waals surface area contributed by atoms with Gasteiger partial charge in [0.15, 0.2) is 0 Å². The zero-order valence-corrected chi connectivity index (χ0v) is 17.1. The van der Waals surface area contributed by atoms with Crippen molar-refractivity contribution >= 4 is 38.2 Å². The molecule has 1 saturated heterocycles. The fourth-order valence-electron chi connectivity index (χ4n) is 3.00. The topological polar surface area (TPSA) is 96.0 Å². The molecule has 0 aromatic carbocycles. The number of rotatable bonds is 6. The van der Waals surface area contributed by atoms with E-state index in [1.165, 1.54) is 29.0 Å². The molecule has 1 aliphatic heterocycles. The number of nitrogens with one attached hydrogen (secondary N) is 1. The van der Waals surface area contributed by atoms with Crippen molar-refractivity contribution in [3.63, 3.8) is 0 Å². The number of nitrogens with zero attached hydrogens (tertiary/aromatic N) is 2. The molecule has 0 saturated carbocycles. The molecule has 1 aromatic heterocycles. The zero-order valence-electron chi connectivity index (χ0n) is 15.5. The van der Waals surface area contributed by atoms with Crippen LogP contribution in [0.5, 0.6) is 0 Å². The summed E-state index contributed by atoms with van der Waals surface area (Å²) in [5.41, 5.74) is 1.31. The predicted octanol–water partition coefficient (Wildman–Crippen LogP) is 0.921. The molecule has 0 unspecified atom stereocenters. The maximum atomic E-state index is 12.4. The molecule has 1 amide bonds. The SMILES string of the molecule is CCc1c(C)sc(NC(=O)CN2CCN(S(C)(=O)=O)CC2)c1C(=O)OC. The first kappa shape index (κ1) is 20.8. The Hall–Kier alpha value is -1.49. The third kappa shape index (κ3) is 4.81. The lowest BCUT2D eigenvalue weighted by molar-refractivity contribution is -0.117. The van der Waals surface area contributed by atoms with Crippen LogP contribution in [0.1, 0.15) is 27.7 Å². The first-order chi connectivity index (χ1) is 12.2. The summed E-state index contributed by atoms with van der Waals surface area (Å²) < 4.78 is 29.3. The summed E-state index contributed by atoms with van der Waals surface area (Å²) in [6, 6.07) is 0. The van der Waals surface area contributed by atoms with Crippen molar-refractivity contribution in [1.29, 1.82) is 0 Å². The van der Waals surface area contributed by atoms with E-state index >= 15 is 0 Å². The number of thiophene rings is 1. The highest BCUT2D eigenvalue weighted by Gasteiger charge is 2.26. The Bertz CT molecular complexity index is 780. The number of methoxy groups -OCH3 is 1. The van der Waals surface area contributed by atoms with Gasteiger partial charge in [-0.25, -0.2) is 13.2 Å². The van der Waals surface area contributed by atoms with Crippen molar-refractivity contribution in [3.8, 4) is 0 Å². The van der Waals surface area contributed by atoms with E-state index in [1.54, 1.807) is 0 Å². The van der Waals surface area contributed by atoms with E-state index in [0.717, 1.165) is 10.4 Å². The number of piperazine rings is 1. The van der Waals surface area contributed by atoms with Crippen molar-refractivity contribution in [2.24, 2.45) is 0 Å². The van der Waals surface area contributed by atoms with Gasteiger partial charge in [-0.3, -0.25) is 9.69 Å². The maximum Gasteiger partial charge on any atom is 0.341 e.